The van der Waals surface area contributed by atoms with Crippen molar-refractivity contribution in [1.29, 1.82) is 0 Å². The standard InChI is InChI=1S/C7H9Br2N3O/c8-6-10-7(9)12(11-6)5-3-1-2-4-13-5/h5H,1-4H2. The molecule has 0 saturated carbocycles. The number of ether oxygens (including phenoxy) is 1. The summed E-state index contributed by atoms with van der Waals surface area (Å²) in [6.07, 6.45) is 3.38. The highest BCUT2D eigenvalue weighted by atomic mass is 79.9. The summed E-state index contributed by atoms with van der Waals surface area (Å²) in [7, 11) is 0. The van der Waals surface area contributed by atoms with Crippen LogP contribution < -0.4 is 0 Å². The van der Waals surface area contributed by atoms with Gasteiger partial charge in [-0.1, -0.05) is 0 Å². The molecule has 2 heterocycles. The Kier molecular flexibility index (Phi) is 3.00. The molecule has 1 aromatic rings. The lowest BCUT2D eigenvalue weighted by atomic mass is 10.2. The van der Waals surface area contributed by atoms with Crippen molar-refractivity contribution in [3.8, 4) is 0 Å². The third kappa shape index (κ3) is 2.11. The smallest absolute Gasteiger partial charge is 0.218 e. The van der Waals surface area contributed by atoms with E-state index in [1.807, 2.05) is 0 Å². The number of aromatic nitrogens is 3. The van der Waals surface area contributed by atoms with Gasteiger partial charge in [0.25, 0.3) is 0 Å². The van der Waals surface area contributed by atoms with E-state index in [9.17, 15) is 0 Å². The van der Waals surface area contributed by atoms with Crippen LogP contribution in [0.25, 0.3) is 0 Å². The molecule has 0 bridgehead atoms. The minimum Gasteiger partial charge on any atom is -0.356 e. The first-order chi connectivity index (χ1) is 6.27. The number of rotatable bonds is 1. The van der Waals surface area contributed by atoms with Gasteiger partial charge in [0.05, 0.1) is 0 Å². The third-order valence-electron chi connectivity index (χ3n) is 1.99. The summed E-state index contributed by atoms with van der Waals surface area (Å²) in [6, 6.07) is 0. The van der Waals surface area contributed by atoms with Crippen molar-refractivity contribution in [2.75, 3.05) is 6.61 Å². The van der Waals surface area contributed by atoms with Crippen LogP contribution in [0, 0.1) is 0 Å². The van der Waals surface area contributed by atoms with Crippen LogP contribution in [0.3, 0.4) is 0 Å². The van der Waals surface area contributed by atoms with E-state index in [1.165, 1.54) is 6.42 Å². The summed E-state index contributed by atoms with van der Waals surface area (Å²) in [5.41, 5.74) is 0. The fourth-order valence-corrected chi connectivity index (χ4v) is 2.43. The Hall–Kier alpha value is 0.0600. The predicted octanol–water partition coefficient (Wildman–Crippen LogP) is 2.50. The van der Waals surface area contributed by atoms with E-state index in [1.54, 1.807) is 4.68 Å². The predicted molar refractivity (Wildman–Crippen MR) is 54.3 cm³/mol. The van der Waals surface area contributed by atoms with Crippen molar-refractivity contribution in [2.24, 2.45) is 0 Å². The second-order valence-electron chi connectivity index (χ2n) is 2.92. The highest BCUT2D eigenvalue weighted by Gasteiger charge is 2.19. The van der Waals surface area contributed by atoms with Crippen molar-refractivity contribution in [3.05, 3.63) is 9.47 Å². The first kappa shape index (κ1) is 9.61. The highest BCUT2D eigenvalue weighted by molar-refractivity contribution is 9.11. The topological polar surface area (TPSA) is 39.9 Å². The molecule has 13 heavy (non-hydrogen) atoms. The quantitative estimate of drug-likeness (QED) is 0.800. The minimum atomic E-state index is 0.0434. The largest absolute Gasteiger partial charge is 0.356 e. The lowest BCUT2D eigenvalue weighted by Crippen LogP contribution is -2.19. The molecule has 0 spiro atoms. The molecule has 1 aromatic heterocycles. The molecule has 1 fully saturated rings. The molecule has 1 saturated heterocycles. The van der Waals surface area contributed by atoms with E-state index in [2.05, 4.69) is 41.9 Å². The maximum absolute atomic E-state index is 5.57. The molecule has 72 valence electrons. The summed E-state index contributed by atoms with van der Waals surface area (Å²) >= 11 is 6.55. The maximum atomic E-state index is 5.57. The molecule has 0 N–H and O–H groups in total. The Bertz CT molecular complexity index is 296. The molecule has 1 aliphatic rings. The molecular formula is C7H9Br2N3O. The second-order valence-corrected chi connectivity index (χ2v) is 4.33. The molecule has 1 atom stereocenters. The first-order valence-electron chi connectivity index (χ1n) is 4.16. The van der Waals surface area contributed by atoms with Crippen LogP contribution in [0.1, 0.15) is 25.5 Å². The number of hydrogen-bond acceptors (Lipinski definition) is 3. The van der Waals surface area contributed by atoms with Crippen LogP contribution in [0.15, 0.2) is 9.47 Å². The molecule has 0 radical (unpaired) electrons. The van der Waals surface area contributed by atoms with E-state index < -0.39 is 0 Å². The van der Waals surface area contributed by atoms with Crippen molar-refractivity contribution >= 4 is 31.9 Å². The Morgan fingerprint density at radius 3 is 2.77 bits per heavy atom. The molecular weight excluding hydrogens is 302 g/mol. The number of hydrogen-bond donors (Lipinski definition) is 0. The van der Waals surface area contributed by atoms with Gasteiger partial charge in [-0.3, -0.25) is 0 Å². The van der Waals surface area contributed by atoms with Gasteiger partial charge in [0, 0.05) is 6.61 Å². The van der Waals surface area contributed by atoms with Gasteiger partial charge in [0.15, 0.2) is 11.0 Å². The van der Waals surface area contributed by atoms with E-state index in [-0.39, 0.29) is 6.23 Å². The van der Waals surface area contributed by atoms with Gasteiger partial charge in [-0.15, -0.1) is 5.10 Å². The van der Waals surface area contributed by atoms with Gasteiger partial charge in [-0.25, -0.2) is 4.68 Å². The van der Waals surface area contributed by atoms with Gasteiger partial charge in [0.1, 0.15) is 0 Å². The van der Waals surface area contributed by atoms with E-state index in [0.29, 0.717) is 9.47 Å². The normalized spacial score (nSPS) is 23.4. The lowest BCUT2D eigenvalue weighted by molar-refractivity contribution is -0.0413. The van der Waals surface area contributed by atoms with E-state index in [0.717, 1.165) is 19.4 Å². The summed E-state index contributed by atoms with van der Waals surface area (Å²) < 4.78 is 8.64. The van der Waals surface area contributed by atoms with Crippen molar-refractivity contribution in [2.45, 2.75) is 25.5 Å². The first-order valence-corrected chi connectivity index (χ1v) is 5.75. The fourth-order valence-electron chi connectivity index (χ4n) is 1.38. The van der Waals surface area contributed by atoms with E-state index in [4.69, 9.17) is 4.74 Å². The average Bonchev–Trinajstić information content (AvgIpc) is 2.47. The molecule has 4 nitrogen and oxygen atoms in total. The molecule has 0 aromatic carbocycles. The van der Waals surface area contributed by atoms with Crippen molar-refractivity contribution < 1.29 is 4.74 Å². The summed E-state index contributed by atoms with van der Waals surface area (Å²) in [5, 5.41) is 4.18. The van der Waals surface area contributed by atoms with Crippen LogP contribution in [0.2, 0.25) is 0 Å². The Morgan fingerprint density at radius 2 is 2.23 bits per heavy atom. The van der Waals surface area contributed by atoms with Crippen LogP contribution in [-0.2, 0) is 4.74 Å². The van der Waals surface area contributed by atoms with Crippen LogP contribution in [0.5, 0.6) is 0 Å². The molecule has 2 rings (SSSR count). The van der Waals surface area contributed by atoms with Gasteiger partial charge in [-0.05, 0) is 51.1 Å². The van der Waals surface area contributed by atoms with E-state index >= 15 is 0 Å². The number of halogens is 2. The molecule has 0 aliphatic carbocycles. The molecule has 1 unspecified atom stereocenters. The van der Waals surface area contributed by atoms with Crippen molar-refractivity contribution in [1.82, 2.24) is 14.8 Å². The second kappa shape index (κ2) is 4.06. The SMILES string of the molecule is Brc1nc(Br)n(C2CCCCO2)n1. The molecule has 0 amide bonds. The minimum absolute atomic E-state index is 0.0434. The number of nitrogens with zero attached hydrogens (tertiary/aromatic N) is 3. The Balaban J connectivity index is 2.18. The fraction of sp³-hybridized carbons (Fsp3) is 0.714. The Labute approximate surface area is 92.9 Å². The van der Waals surface area contributed by atoms with Gasteiger partial charge in [-0.2, -0.15) is 4.98 Å². The summed E-state index contributed by atoms with van der Waals surface area (Å²) in [5.74, 6) is 0. The average molecular weight is 311 g/mol. The van der Waals surface area contributed by atoms with Crippen LogP contribution in [-0.4, -0.2) is 21.4 Å². The third-order valence-corrected chi connectivity index (χ3v) is 2.87. The van der Waals surface area contributed by atoms with Gasteiger partial charge < -0.3 is 4.74 Å². The molecule has 1 aliphatic heterocycles. The van der Waals surface area contributed by atoms with Crippen LogP contribution >= 0.6 is 31.9 Å². The zero-order valence-electron chi connectivity index (χ0n) is 6.91. The zero-order valence-corrected chi connectivity index (χ0v) is 10.1. The van der Waals surface area contributed by atoms with Crippen molar-refractivity contribution in [3.63, 3.8) is 0 Å². The monoisotopic (exact) mass is 309 g/mol. The van der Waals surface area contributed by atoms with Crippen LogP contribution in [0.4, 0.5) is 0 Å². The highest BCUT2D eigenvalue weighted by Crippen LogP contribution is 2.25. The summed E-state index contributed by atoms with van der Waals surface area (Å²) in [6.45, 7) is 0.814. The van der Waals surface area contributed by atoms with Gasteiger partial charge in [0.2, 0.25) is 4.73 Å². The maximum Gasteiger partial charge on any atom is 0.218 e. The van der Waals surface area contributed by atoms with Gasteiger partial charge >= 0.3 is 0 Å². The zero-order chi connectivity index (χ0) is 9.26. The lowest BCUT2D eigenvalue weighted by Gasteiger charge is -2.22. The Morgan fingerprint density at radius 1 is 1.38 bits per heavy atom. The summed E-state index contributed by atoms with van der Waals surface area (Å²) in [4.78, 5) is 4.09. The molecule has 6 heteroatoms.